The van der Waals surface area contributed by atoms with Gasteiger partial charge in [-0.1, -0.05) is 19.3 Å². The lowest BCUT2D eigenvalue weighted by molar-refractivity contribution is 0.0640. The Morgan fingerprint density at radius 3 is 2.14 bits per heavy atom. The summed E-state index contributed by atoms with van der Waals surface area (Å²) in [4.78, 5) is 14.3. The van der Waals surface area contributed by atoms with Crippen LogP contribution in [0.25, 0.3) is 0 Å². The van der Waals surface area contributed by atoms with Crippen molar-refractivity contribution in [1.29, 1.82) is 0 Å². The number of rotatable bonds is 8. The van der Waals surface area contributed by atoms with Gasteiger partial charge in [-0.15, -0.1) is 0 Å². The molecule has 1 saturated carbocycles. The van der Waals surface area contributed by atoms with Crippen molar-refractivity contribution in [2.45, 2.75) is 71.5 Å². The van der Waals surface area contributed by atoms with Crippen LogP contribution in [0, 0.1) is 0 Å². The Hall–Kier alpha value is -0.593. The van der Waals surface area contributed by atoms with Gasteiger partial charge in [0.2, 0.25) is 0 Å². The van der Waals surface area contributed by atoms with Crippen molar-refractivity contribution in [2.24, 2.45) is 0 Å². The van der Waals surface area contributed by atoms with Crippen LogP contribution in [0.4, 0.5) is 4.79 Å². The van der Waals surface area contributed by atoms with Crippen LogP contribution in [0.3, 0.4) is 0 Å². The zero-order chi connectivity index (χ0) is 15.7. The number of carbonyl (C=O) groups excluding carboxylic acids is 1. The molecular formula is C15H31NO4Si. The Morgan fingerprint density at radius 1 is 1.10 bits per heavy atom. The van der Waals surface area contributed by atoms with Crippen molar-refractivity contribution >= 4 is 15.4 Å². The van der Waals surface area contributed by atoms with Crippen molar-refractivity contribution in [3.05, 3.63) is 0 Å². The summed E-state index contributed by atoms with van der Waals surface area (Å²) in [6, 6.07) is 0.267. The maximum atomic E-state index is 12.4. The number of nitrogens with zero attached hydrogens (tertiary/aromatic N) is 1. The molecule has 1 rings (SSSR count). The molecule has 5 nitrogen and oxygen atoms in total. The summed E-state index contributed by atoms with van der Waals surface area (Å²) >= 11 is 0. The van der Waals surface area contributed by atoms with Crippen LogP contribution < -0.4 is 0 Å². The third-order valence-corrected chi connectivity index (χ3v) is 6.37. The first kappa shape index (κ1) is 18.5. The van der Waals surface area contributed by atoms with E-state index in [-0.39, 0.29) is 17.8 Å². The van der Waals surface area contributed by atoms with Crippen LogP contribution in [-0.4, -0.2) is 51.8 Å². The molecule has 0 heterocycles. The smallest absolute Gasteiger partial charge is 0.410 e. The third-order valence-electron chi connectivity index (χ3n) is 3.94. The van der Waals surface area contributed by atoms with Crippen molar-refractivity contribution in [3.63, 3.8) is 0 Å². The van der Waals surface area contributed by atoms with Gasteiger partial charge < -0.3 is 18.5 Å². The van der Waals surface area contributed by atoms with E-state index < -0.39 is 9.28 Å². The number of carbonyl (C=O) groups is 1. The van der Waals surface area contributed by atoms with Crippen LogP contribution >= 0.6 is 0 Å². The van der Waals surface area contributed by atoms with Crippen LogP contribution in [-0.2, 0) is 13.6 Å². The average molecular weight is 318 g/mol. The van der Waals surface area contributed by atoms with Gasteiger partial charge in [-0.05, 0) is 40.5 Å². The maximum absolute atomic E-state index is 12.4. The molecule has 0 aromatic carbocycles. The second-order valence-electron chi connectivity index (χ2n) is 5.42. The topological polar surface area (TPSA) is 48.0 Å². The summed E-state index contributed by atoms with van der Waals surface area (Å²) in [5.74, 6) is 0. The van der Waals surface area contributed by atoms with E-state index in [9.17, 15) is 4.79 Å². The lowest BCUT2D eigenvalue weighted by atomic mass is 9.94. The van der Waals surface area contributed by atoms with Crippen molar-refractivity contribution in [1.82, 2.24) is 4.90 Å². The molecule has 0 aliphatic heterocycles. The first-order chi connectivity index (χ1) is 10.2. The van der Waals surface area contributed by atoms with E-state index >= 15 is 0 Å². The Balaban J connectivity index is 2.83. The van der Waals surface area contributed by atoms with Gasteiger partial charge in [0, 0.05) is 19.3 Å². The fourth-order valence-corrected chi connectivity index (χ4v) is 4.93. The van der Waals surface area contributed by atoms with Crippen molar-refractivity contribution in [3.8, 4) is 0 Å². The van der Waals surface area contributed by atoms with Gasteiger partial charge in [0.1, 0.15) is 0 Å². The molecule has 0 spiro atoms. The summed E-state index contributed by atoms with van der Waals surface area (Å²) in [7, 11) is -1.91. The molecule has 124 valence electrons. The fourth-order valence-electron chi connectivity index (χ4n) is 2.99. The van der Waals surface area contributed by atoms with Gasteiger partial charge in [-0.25, -0.2) is 4.79 Å². The molecule has 1 unspecified atom stereocenters. The molecule has 1 fully saturated rings. The zero-order valence-electron chi connectivity index (χ0n) is 14.0. The summed E-state index contributed by atoms with van der Waals surface area (Å²) in [6.07, 6.45) is 5.53. The summed E-state index contributed by atoms with van der Waals surface area (Å²) in [5.41, 5.74) is -0.00736. The van der Waals surface area contributed by atoms with E-state index in [0.29, 0.717) is 19.8 Å². The molecule has 1 atom stereocenters. The molecule has 21 heavy (non-hydrogen) atoms. The zero-order valence-corrected chi connectivity index (χ0v) is 15.1. The number of hydrogen-bond acceptors (Lipinski definition) is 4. The highest BCUT2D eigenvalue weighted by molar-refractivity contribution is 6.46. The molecule has 1 aliphatic carbocycles. The predicted octanol–water partition coefficient (Wildman–Crippen LogP) is 3.00. The fraction of sp³-hybridized carbons (Fsp3) is 0.933. The lowest BCUT2D eigenvalue weighted by Crippen LogP contribution is -2.55. The molecular weight excluding hydrogens is 286 g/mol. The maximum Gasteiger partial charge on any atom is 0.410 e. The highest BCUT2D eigenvalue weighted by Gasteiger charge is 2.36. The summed E-state index contributed by atoms with van der Waals surface area (Å²) < 4.78 is 16.9. The molecule has 0 radical (unpaired) electrons. The van der Waals surface area contributed by atoms with E-state index in [1.54, 1.807) is 0 Å². The normalized spacial score (nSPS) is 17.8. The third kappa shape index (κ3) is 5.60. The van der Waals surface area contributed by atoms with Gasteiger partial charge in [-0.3, -0.25) is 0 Å². The number of amides is 1. The Morgan fingerprint density at radius 2 is 1.67 bits per heavy atom. The van der Waals surface area contributed by atoms with E-state index in [0.717, 1.165) is 12.8 Å². The highest BCUT2D eigenvalue weighted by Crippen LogP contribution is 2.26. The first-order valence-corrected chi connectivity index (χ1v) is 9.94. The van der Waals surface area contributed by atoms with Gasteiger partial charge in [-0.2, -0.15) is 0 Å². The van der Waals surface area contributed by atoms with Crippen LogP contribution in [0.1, 0.15) is 59.8 Å². The Labute approximate surface area is 130 Å². The van der Waals surface area contributed by atoms with Crippen LogP contribution in [0.5, 0.6) is 0 Å². The highest BCUT2D eigenvalue weighted by atomic mass is 28.3. The van der Waals surface area contributed by atoms with E-state index in [2.05, 4.69) is 0 Å². The quantitative estimate of drug-likeness (QED) is 0.646. The molecule has 6 heteroatoms. The minimum absolute atomic E-state index is 0.00736. The van der Waals surface area contributed by atoms with Crippen molar-refractivity contribution < 1.29 is 18.4 Å². The second kappa shape index (κ2) is 10.2. The Bertz CT molecular complexity index is 291. The summed E-state index contributed by atoms with van der Waals surface area (Å²) in [6.45, 7) is 9.51. The summed E-state index contributed by atoms with van der Waals surface area (Å²) in [5, 5.41) is 0. The largest absolute Gasteiger partial charge is 0.450 e. The lowest BCUT2D eigenvalue weighted by Gasteiger charge is -2.39. The molecule has 0 aromatic heterocycles. The van der Waals surface area contributed by atoms with Gasteiger partial charge in [0.25, 0.3) is 0 Å². The molecule has 0 aromatic rings. The SMILES string of the molecule is CCOC(=O)N(C1CCCCC1)C(C)[SiH](OCC)OCC. The number of ether oxygens (including phenoxy) is 1. The van der Waals surface area contributed by atoms with Crippen LogP contribution in [0.15, 0.2) is 0 Å². The predicted molar refractivity (Wildman–Crippen MR) is 85.6 cm³/mol. The molecule has 0 N–H and O–H groups in total. The van der Waals surface area contributed by atoms with Gasteiger partial charge in [0.15, 0.2) is 0 Å². The second-order valence-corrected chi connectivity index (χ2v) is 7.79. The monoisotopic (exact) mass is 317 g/mol. The average Bonchev–Trinajstić information content (AvgIpc) is 2.48. The van der Waals surface area contributed by atoms with Gasteiger partial charge >= 0.3 is 15.4 Å². The molecule has 1 aliphatic rings. The number of hydrogen-bond donors (Lipinski definition) is 0. The van der Waals surface area contributed by atoms with Crippen molar-refractivity contribution in [2.75, 3.05) is 19.8 Å². The Kier molecular flexibility index (Phi) is 8.95. The molecule has 1 amide bonds. The minimum atomic E-state index is -1.91. The molecule has 0 saturated heterocycles. The minimum Gasteiger partial charge on any atom is -0.450 e. The standard InChI is InChI=1S/C15H31NO4Si/c1-5-18-15(17)16(14-11-9-8-10-12-14)13(4)21(19-6-2)20-7-3/h13-14,21H,5-12H2,1-4H3. The van der Waals surface area contributed by atoms with E-state index in [4.69, 9.17) is 13.6 Å². The first-order valence-electron chi connectivity index (χ1n) is 8.33. The molecule has 0 bridgehead atoms. The van der Waals surface area contributed by atoms with E-state index in [1.807, 2.05) is 32.6 Å². The van der Waals surface area contributed by atoms with Gasteiger partial charge in [0.05, 0.1) is 12.3 Å². The van der Waals surface area contributed by atoms with Crippen LogP contribution in [0.2, 0.25) is 0 Å². The van der Waals surface area contributed by atoms with E-state index in [1.165, 1.54) is 19.3 Å².